The molecule has 0 aromatic heterocycles. The van der Waals surface area contributed by atoms with E-state index in [1.54, 1.807) is 0 Å². The van der Waals surface area contributed by atoms with Crippen LogP contribution in [0.2, 0.25) is 0 Å². The fourth-order valence-electron chi connectivity index (χ4n) is 1.11. The van der Waals surface area contributed by atoms with Gasteiger partial charge in [0.15, 0.2) is 0 Å². The molecule has 10 heteroatoms. The van der Waals surface area contributed by atoms with E-state index in [4.69, 9.17) is 0 Å². The van der Waals surface area contributed by atoms with Gasteiger partial charge in [-0.3, -0.25) is 4.79 Å². The lowest BCUT2D eigenvalue weighted by molar-refractivity contribution is -0.167. The summed E-state index contributed by atoms with van der Waals surface area (Å²) in [5, 5.41) is 1.24. The van der Waals surface area contributed by atoms with Gasteiger partial charge in [0.1, 0.15) is 0 Å². The molecule has 1 aromatic rings. The van der Waals surface area contributed by atoms with Crippen molar-refractivity contribution in [3.63, 3.8) is 0 Å². The highest BCUT2D eigenvalue weighted by molar-refractivity contribution is 7.91. The van der Waals surface area contributed by atoms with Crippen LogP contribution in [0.4, 0.5) is 27.6 Å². The maximum Gasteiger partial charge on any atom is 0.471 e. The second kappa shape index (κ2) is 5.11. The summed E-state index contributed by atoms with van der Waals surface area (Å²) in [5.41, 5.74) is -0.856. The molecule has 0 aliphatic carbocycles. The predicted octanol–water partition coefficient (Wildman–Crippen LogP) is 2.18. The van der Waals surface area contributed by atoms with E-state index >= 15 is 0 Å². The fraction of sp³-hybridized carbons (Fsp3) is 0.222. The number of carbonyl (C=O) groups is 1. The number of para-hydroxylation sites is 1. The third kappa shape index (κ3) is 3.40. The highest BCUT2D eigenvalue weighted by atomic mass is 32.2. The van der Waals surface area contributed by atoms with Crippen LogP contribution in [0.3, 0.4) is 0 Å². The zero-order valence-electron chi connectivity index (χ0n) is 8.91. The number of anilines is 1. The molecule has 0 unspecified atom stereocenters. The van der Waals surface area contributed by atoms with E-state index in [2.05, 4.69) is 0 Å². The summed E-state index contributed by atoms with van der Waals surface area (Å²) in [6.07, 6.45) is -5.26. The Morgan fingerprint density at radius 3 is 2.16 bits per heavy atom. The van der Waals surface area contributed by atoms with Crippen molar-refractivity contribution in [2.75, 3.05) is 5.32 Å². The molecule has 0 saturated heterocycles. The minimum absolute atomic E-state index is 0.674. The molecule has 0 heterocycles. The Labute approximate surface area is 104 Å². The molecule has 0 aliphatic rings. The molecule has 0 fully saturated rings. The van der Waals surface area contributed by atoms with Gasteiger partial charge >= 0.3 is 17.8 Å². The van der Waals surface area contributed by atoms with E-state index in [-0.39, 0.29) is 0 Å². The fourth-order valence-corrected chi connectivity index (χ4v) is 1.99. The van der Waals surface area contributed by atoms with Gasteiger partial charge in [0.25, 0.3) is 0 Å². The van der Waals surface area contributed by atoms with Crippen LogP contribution in [-0.2, 0) is 14.6 Å². The van der Waals surface area contributed by atoms with Crippen molar-refractivity contribution < 1.29 is 35.2 Å². The molecule has 4 nitrogen and oxygen atoms in total. The Hall–Kier alpha value is -1.71. The predicted molar refractivity (Wildman–Crippen MR) is 54.3 cm³/mol. The molecule has 19 heavy (non-hydrogen) atoms. The average Bonchev–Trinajstić information content (AvgIpc) is 2.28. The van der Waals surface area contributed by atoms with Gasteiger partial charge in [-0.25, -0.2) is 8.42 Å². The largest absolute Gasteiger partial charge is 0.471 e. The van der Waals surface area contributed by atoms with Crippen molar-refractivity contribution in [3.05, 3.63) is 24.3 Å². The Balaban J connectivity index is 3.22. The number of rotatable bonds is 3. The average molecular weight is 303 g/mol. The minimum atomic E-state index is -5.26. The molecule has 1 N–H and O–H groups in total. The Morgan fingerprint density at radius 1 is 1.16 bits per heavy atom. The first kappa shape index (κ1) is 15.3. The van der Waals surface area contributed by atoms with E-state index in [0.29, 0.717) is 6.07 Å². The highest BCUT2D eigenvalue weighted by Crippen LogP contribution is 2.27. The van der Waals surface area contributed by atoms with Gasteiger partial charge in [-0.05, 0) is 12.1 Å². The number of carbonyl (C=O) groups excluding carboxylic acids is 1. The summed E-state index contributed by atoms with van der Waals surface area (Å²) < 4.78 is 83.1. The second-order valence-electron chi connectivity index (χ2n) is 3.25. The summed E-state index contributed by atoms with van der Waals surface area (Å²) in [4.78, 5) is 9.58. The van der Waals surface area contributed by atoms with Crippen molar-refractivity contribution in [1.82, 2.24) is 0 Å². The highest BCUT2D eigenvalue weighted by Gasteiger charge is 2.40. The smallest absolute Gasteiger partial charge is 0.317 e. The molecular formula is C9H6F5NO3S. The lowest BCUT2D eigenvalue weighted by atomic mass is 10.3. The van der Waals surface area contributed by atoms with Crippen molar-refractivity contribution in [3.8, 4) is 0 Å². The standard InChI is InChI=1S/C9H6F5NO3S/c10-8(11)19(17,18)6-4-2-1-3-5(6)15-7(16)9(12,13)14/h1-4,8H,(H,15,16). The minimum Gasteiger partial charge on any atom is -0.317 e. The lowest BCUT2D eigenvalue weighted by Gasteiger charge is -2.12. The van der Waals surface area contributed by atoms with Crippen molar-refractivity contribution in [1.29, 1.82) is 0 Å². The van der Waals surface area contributed by atoms with E-state index < -0.39 is 38.3 Å². The SMILES string of the molecule is O=C(Nc1ccccc1S(=O)(=O)C(F)F)C(F)(F)F. The quantitative estimate of drug-likeness (QED) is 0.871. The monoisotopic (exact) mass is 303 g/mol. The summed E-state index contributed by atoms with van der Waals surface area (Å²) in [6.45, 7) is 0. The second-order valence-corrected chi connectivity index (χ2v) is 5.14. The molecule has 0 spiro atoms. The number of benzene rings is 1. The summed E-state index contributed by atoms with van der Waals surface area (Å²) in [6, 6.07) is 3.58. The first-order chi connectivity index (χ1) is 8.56. The first-order valence-corrected chi connectivity index (χ1v) is 6.10. The van der Waals surface area contributed by atoms with Gasteiger partial charge in [0, 0.05) is 0 Å². The van der Waals surface area contributed by atoms with Gasteiger partial charge in [0.2, 0.25) is 9.84 Å². The Kier molecular flexibility index (Phi) is 4.13. The van der Waals surface area contributed by atoms with Crippen LogP contribution in [0.25, 0.3) is 0 Å². The van der Waals surface area contributed by atoms with Crippen LogP contribution in [0.1, 0.15) is 0 Å². The summed E-state index contributed by atoms with van der Waals surface area (Å²) in [5.74, 6) is -6.26. The molecule has 1 amide bonds. The number of sulfone groups is 1. The summed E-state index contributed by atoms with van der Waals surface area (Å²) in [7, 11) is -5.11. The third-order valence-electron chi connectivity index (χ3n) is 1.93. The molecule has 0 saturated carbocycles. The number of nitrogens with one attached hydrogen (secondary N) is 1. The molecule has 0 atom stereocenters. The van der Waals surface area contributed by atoms with E-state index in [9.17, 15) is 35.2 Å². The number of alkyl halides is 5. The number of amides is 1. The topological polar surface area (TPSA) is 63.2 Å². The Bertz CT molecular complexity index is 582. The van der Waals surface area contributed by atoms with Gasteiger partial charge < -0.3 is 5.32 Å². The van der Waals surface area contributed by atoms with Crippen LogP contribution in [-0.4, -0.2) is 26.3 Å². The van der Waals surface area contributed by atoms with E-state index in [1.807, 2.05) is 0 Å². The van der Waals surface area contributed by atoms with Crippen LogP contribution in [0.5, 0.6) is 0 Å². The molecule has 0 bridgehead atoms. The van der Waals surface area contributed by atoms with Crippen LogP contribution >= 0.6 is 0 Å². The number of halogens is 5. The number of hydrogen-bond acceptors (Lipinski definition) is 3. The Morgan fingerprint density at radius 2 is 1.68 bits per heavy atom. The lowest BCUT2D eigenvalue weighted by Crippen LogP contribution is -2.30. The van der Waals surface area contributed by atoms with Gasteiger partial charge in [-0.1, -0.05) is 12.1 Å². The van der Waals surface area contributed by atoms with Crippen molar-refractivity contribution in [2.24, 2.45) is 0 Å². The van der Waals surface area contributed by atoms with Gasteiger partial charge in [-0.15, -0.1) is 0 Å². The van der Waals surface area contributed by atoms with Gasteiger partial charge in [0.05, 0.1) is 10.6 Å². The van der Waals surface area contributed by atoms with E-state index in [1.165, 1.54) is 5.32 Å². The molecule has 1 rings (SSSR count). The number of hydrogen-bond donors (Lipinski definition) is 1. The molecule has 106 valence electrons. The van der Waals surface area contributed by atoms with Crippen LogP contribution in [0, 0.1) is 0 Å². The van der Waals surface area contributed by atoms with Crippen LogP contribution in [0.15, 0.2) is 29.2 Å². The third-order valence-corrected chi connectivity index (χ3v) is 3.37. The molecule has 0 aliphatic heterocycles. The summed E-state index contributed by atoms with van der Waals surface area (Å²) >= 11 is 0. The van der Waals surface area contributed by atoms with E-state index in [0.717, 1.165) is 18.2 Å². The van der Waals surface area contributed by atoms with Crippen molar-refractivity contribution in [2.45, 2.75) is 16.8 Å². The first-order valence-electron chi connectivity index (χ1n) is 4.56. The van der Waals surface area contributed by atoms with Gasteiger partial charge in [-0.2, -0.15) is 22.0 Å². The maximum absolute atomic E-state index is 12.3. The normalized spacial score (nSPS) is 12.5. The zero-order valence-corrected chi connectivity index (χ0v) is 9.73. The molecular weight excluding hydrogens is 297 g/mol. The zero-order chi connectivity index (χ0) is 14.8. The van der Waals surface area contributed by atoms with Crippen molar-refractivity contribution >= 4 is 21.4 Å². The molecule has 1 aromatic carbocycles. The molecule has 0 radical (unpaired) electrons. The van der Waals surface area contributed by atoms with Crippen LogP contribution < -0.4 is 5.32 Å². The maximum atomic E-state index is 12.3.